The van der Waals surface area contributed by atoms with Gasteiger partial charge in [-0.15, -0.1) is 0 Å². The van der Waals surface area contributed by atoms with E-state index < -0.39 is 28.4 Å². The van der Waals surface area contributed by atoms with Crippen LogP contribution in [-0.2, 0) is 0 Å². The Morgan fingerprint density at radius 3 is 1.80 bits per heavy atom. The minimum absolute atomic E-state index is 0.216. The van der Waals surface area contributed by atoms with E-state index in [9.17, 15) is 30.7 Å². The zero-order valence-corrected chi connectivity index (χ0v) is 13.2. The normalized spacial score (nSPS) is 15.4. The lowest BCUT2D eigenvalue weighted by molar-refractivity contribution is -0.355. The summed E-state index contributed by atoms with van der Waals surface area (Å²) in [7, 11) is 0. The summed E-state index contributed by atoms with van der Waals surface area (Å²) < 4.78 is 86.5. The number of hydrogen-bond acceptors (Lipinski definition) is 0. The van der Waals surface area contributed by atoms with Crippen molar-refractivity contribution < 1.29 is 30.7 Å². The first-order chi connectivity index (χ1) is 8.95. The average Bonchev–Trinajstić information content (AvgIpc) is 2.26. The molecule has 0 fully saturated rings. The summed E-state index contributed by atoms with van der Waals surface area (Å²) in [5.41, 5.74) is 0. The van der Waals surface area contributed by atoms with Gasteiger partial charge in [0.25, 0.3) is 0 Å². The Morgan fingerprint density at radius 1 is 0.850 bits per heavy atom. The summed E-state index contributed by atoms with van der Waals surface area (Å²) in [5.74, 6) is -11.0. The number of alkyl halides is 8. The summed E-state index contributed by atoms with van der Waals surface area (Å²) in [6.07, 6.45) is -3.24. The molecule has 0 radical (unpaired) electrons. The van der Waals surface area contributed by atoms with Crippen molar-refractivity contribution in [2.45, 2.75) is 73.8 Å². The van der Waals surface area contributed by atoms with E-state index in [1.807, 2.05) is 6.92 Å². The molecule has 0 aromatic heterocycles. The molecule has 0 aliphatic carbocycles. The van der Waals surface area contributed by atoms with E-state index in [0.29, 0.717) is 6.42 Å². The highest BCUT2D eigenvalue weighted by atomic mass is 127. The lowest BCUT2D eigenvalue weighted by atomic mass is 10.0. The lowest BCUT2D eigenvalue weighted by Gasteiger charge is -2.29. The summed E-state index contributed by atoms with van der Waals surface area (Å²) in [5, 5.41) is 0. The molecular weight excluding hydrogens is 404 g/mol. The first kappa shape index (κ1) is 20.2. The fourth-order valence-corrected chi connectivity index (χ4v) is 2.68. The van der Waals surface area contributed by atoms with Gasteiger partial charge in [-0.05, 0) is 6.42 Å². The van der Waals surface area contributed by atoms with Gasteiger partial charge in [-0.3, -0.25) is 0 Å². The SMILES string of the molecule is CCCCCCCC(I)CC(F)(F)C(F)(F)C(F)(F)F. The van der Waals surface area contributed by atoms with Crippen LogP contribution in [0, 0.1) is 0 Å². The summed E-state index contributed by atoms with van der Waals surface area (Å²) in [4.78, 5) is 0. The smallest absolute Gasteiger partial charge is 0.199 e. The van der Waals surface area contributed by atoms with Gasteiger partial charge < -0.3 is 0 Å². The third-order valence-corrected chi connectivity index (χ3v) is 3.98. The molecule has 8 heteroatoms. The third kappa shape index (κ3) is 5.93. The molecule has 0 saturated carbocycles. The second-order valence-electron chi connectivity index (χ2n) is 4.78. The molecule has 0 rings (SSSR count). The topological polar surface area (TPSA) is 0 Å². The lowest BCUT2D eigenvalue weighted by Crippen LogP contribution is -2.52. The minimum Gasteiger partial charge on any atom is -0.199 e. The molecule has 122 valence electrons. The van der Waals surface area contributed by atoms with Crippen molar-refractivity contribution in [1.82, 2.24) is 0 Å². The van der Waals surface area contributed by atoms with Gasteiger partial charge in [0.05, 0.1) is 0 Å². The van der Waals surface area contributed by atoms with Crippen molar-refractivity contribution in [3.05, 3.63) is 0 Å². The van der Waals surface area contributed by atoms with Gasteiger partial charge in [0.2, 0.25) is 0 Å². The van der Waals surface area contributed by atoms with Gasteiger partial charge >= 0.3 is 18.0 Å². The van der Waals surface area contributed by atoms with Crippen LogP contribution in [-0.4, -0.2) is 21.9 Å². The monoisotopic (exact) mass is 422 g/mol. The predicted octanol–water partition coefficient (Wildman–Crippen LogP) is 6.37. The zero-order valence-electron chi connectivity index (χ0n) is 11.1. The zero-order chi connectivity index (χ0) is 16.0. The molecule has 0 nitrogen and oxygen atoms in total. The fourth-order valence-electron chi connectivity index (χ4n) is 1.69. The molecule has 0 bridgehead atoms. The molecule has 20 heavy (non-hydrogen) atoms. The van der Waals surface area contributed by atoms with E-state index in [1.54, 1.807) is 0 Å². The van der Waals surface area contributed by atoms with Gasteiger partial charge in [0.15, 0.2) is 0 Å². The van der Waals surface area contributed by atoms with Crippen molar-refractivity contribution in [1.29, 1.82) is 0 Å². The Balaban J connectivity index is 4.32. The van der Waals surface area contributed by atoms with E-state index >= 15 is 0 Å². The quantitative estimate of drug-likeness (QED) is 0.175. The molecule has 0 N–H and O–H groups in total. The van der Waals surface area contributed by atoms with Crippen molar-refractivity contribution >= 4 is 22.6 Å². The van der Waals surface area contributed by atoms with Gasteiger partial charge in [0.1, 0.15) is 0 Å². The van der Waals surface area contributed by atoms with E-state index in [1.165, 1.54) is 22.6 Å². The number of halogens is 8. The molecule has 0 aliphatic heterocycles. The van der Waals surface area contributed by atoms with Gasteiger partial charge in [-0.2, -0.15) is 30.7 Å². The van der Waals surface area contributed by atoms with Crippen LogP contribution < -0.4 is 0 Å². The van der Waals surface area contributed by atoms with E-state index in [2.05, 4.69) is 0 Å². The largest absolute Gasteiger partial charge is 0.459 e. The van der Waals surface area contributed by atoms with Gasteiger partial charge in [0, 0.05) is 10.3 Å². The van der Waals surface area contributed by atoms with Crippen LogP contribution in [0.1, 0.15) is 51.9 Å². The molecule has 0 amide bonds. The summed E-state index contributed by atoms with van der Waals surface area (Å²) >= 11 is 1.52. The van der Waals surface area contributed by atoms with Crippen LogP contribution in [0.15, 0.2) is 0 Å². The maximum Gasteiger partial charge on any atom is 0.459 e. The van der Waals surface area contributed by atoms with E-state index in [4.69, 9.17) is 0 Å². The Bertz CT molecular complexity index is 275. The molecule has 1 unspecified atom stereocenters. The maximum atomic E-state index is 13.1. The number of rotatable bonds is 9. The van der Waals surface area contributed by atoms with Crippen LogP contribution >= 0.6 is 22.6 Å². The summed E-state index contributed by atoms with van der Waals surface area (Å²) in [6, 6.07) is 0. The highest BCUT2D eigenvalue weighted by Crippen LogP contribution is 2.49. The number of hydrogen-bond donors (Lipinski definition) is 0. The fraction of sp³-hybridized carbons (Fsp3) is 1.00. The predicted molar refractivity (Wildman–Crippen MR) is 71.8 cm³/mol. The van der Waals surface area contributed by atoms with Gasteiger partial charge in [-0.25, -0.2) is 0 Å². The highest BCUT2D eigenvalue weighted by molar-refractivity contribution is 14.1. The van der Waals surface area contributed by atoms with Crippen molar-refractivity contribution in [2.75, 3.05) is 0 Å². The van der Waals surface area contributed by atoms with Crippen LogP contribution in [0.5, 0.6) is 0 Å². The van der Waals surface area contributed by atoms with Crippen molar-refractivity contribution in [2.24, 2.45) is 0 Å². The Hall–Kier alpha value is 0.240. The molecule has 0 aromatic carbocycles. The maximum absolute atomic E-state index is 13.1. The molecule has 0 saturated heterocycles. The van der Waals surface area contributed by atoms with Crippen LogP contribution in [0.3, 0.4) is 0 Å². The highest BCUT2D eigenvalue weighted by Gasteiger charge is 2.72. The summed E-state index contributed by atoms with van der Waals surface area (Å²) in [6.45, 7) is 2.00. The second-order valence-corrected chi connectivity index (χ2v) is 6.54. The van der Waals surface area contributed by atoms with E-state index in [-0.39, 0.29) is 6.42 Å². The first-order valence-electron chi connectivity index (χ1n) is 6.42. The molecule has 1 atom stereocenters. The molecular formula is C12H18F7I. The molecule has 0 aromatic rings. The van der Waals surface area contributed by atoms with E-state index in [0.717, 1.165) is 25.7 Å². The van der Waals surface area contributed by atoms with Crippen molar-refractivity contribution in [3.63, 3.8) is 0 Å². The Kier molecular flexibility index (Phi) is 8.12. The average molecular weight is 422 g/mol. The van der Waals surface area contributed by atoms with Crippen LogP contribution in [0.25, 0.3) is 0 Å². The van der Waals surface area contributed by atoms with Crippen LogP contribution in [0.2, 0.25) is 0 Å². The third-order valence-electron chi connectivity index (χ3n) is 2.91. The molecule has 0 aliphatic rings. The standard InChI is InChI=1S/C12H18F7I/c1-2-3-4-5-6-7-9(20)8-10(13,14)11(15,16)12(17,18)19/h9H,2-8H2,1H3. The minimum atomic E-state index is -6.23. The Morgan fingerprint density at radius 2 is 1.35 bits per heavy atom. The molecule has 0 heterocycles. The molecule has 0 spiro atoms. The number of unbranched alkanes of at least 4 members (excludes halogenated alkanes) is 4. The van der Waals surface area contributed by atoms with Crippen molar-refractivity contribution in [3.8, 4) is 0 Å². The first-order valence-corrected chi connectivity index (χ1v) is 7.66. The second kappa shape index (κ2) is 8.03. The van der Waals surface area contributed by atoms with Crippen LogP contribution in [0.4, 0.5) is 30.7 Å². The van der Waals surface area contributed by atoms with Gasteiger partial charge in [-0.1, -0.05) is 61.6 Å². The Labute approximate surface area is 127 Å².